The number of aryl methyl sites for hydroxylation is 2. The van der Waals surface area contributed by atoms with Gasteiger partial charge in [0.25, 0.3) is 10.0 Å². The van der Waals surface area contributed by atoms with Gasteiger partial charge in [-0.1, -0.05) is 18.1 Å². The van der Waals surface area contributed by atoms with Crippen molar-refractivity contribution in [3.63, 3.8) is 0 Å². The van der Waals surface area contributed by atoms with E-state index >= 15 is 4.39 Å². The molecule has 1 aromatic heterocycles. The van der Waals surface area contributed by atoms with Crippen molar-refractivity contribution in [3.05, 3.63) is 59.2 Å². The third kappa shape index (κ3) is 5.02. The minimum Gasteiger partial charge on any atom is -0.465 e. The largest absolute Gasteiger partial charge is 0.465 e. The van der Waals surface area contributed by atoms with Crippen LogP contribution >= 0.6 is 0 Å². The summed E-state index contributed by atoms with van der Waals surface area (Å²) < 4.78 is 55.0. The Morgan fingerprint density at radius 3 is 2.54 bits per heavy atom. The van der Waals surface area contributed by atoms with Gasteiger partial charge in [0.2, 0.25) is 0 Å². The van der Waals surface area contributed by atoms with Crippen molar-refractivity contribution in [1.29, 1.82) is 0 Å². The van der Waals surface area contributed by atoms with Gasteiger partial charge in [0.15, 0.2) is 0 Å². The molecule has 1 fully saturated rings. The van der Waals surface area contributed by atoms with Crippen LogP contribution in [0.15, 0.2) is 45.9 Å². The van der Waals surface area contributed by atoms with Gasteiger partial charge in [0, 0.05) is 24.2 Å². The van der Waals surface area contributed by atoms with E-state index in [1.165, 1.54) is 37.6 Å². The number of nitrogens with zero attached hydrogens (tertiary/aromatic N) is 2. The van der Waals surface area contributed by atoms with E-state index in [0.717, 1.165) is 19.3 Å². The Morgan fingerprint density at radius 1 is 1.17 bits per heavy atom. The summed E-state index contributed by atoms with van der Waals surface area (Å²) in [5, 5.41) is 3.73. The summed E-state index contributed by atoms with van der Waals surface area (Å²) in [5.74, 6) is -0.714. The van der Waals surface area contributed by atoms with Crippen molar-refractivity contribution in [2.24, 2.45) is 0 Å². The maximum absolute atomic E-state index is 15.3. The van der Waals surface area contributed by atoms with Crippen LogP contribution in [-0.2, 0) is 21.2 Å². The Bertz CT molecular complexity index is 1350. The number of benzene rings is 2. The van der Waals surface area contributed by atoms with Crippen LogP contribution in [0.25, 0.3) is 11.1 Å². The number of esters is 1. The van der Waals surface area contributed by atoms with Gasteiger partial charge in [-0.2, -0.15) is 0 Å². The summed E-state index contributed by atoms with van der Waals surface area (Å²) in [6.07, 6.45) is 4.77. The lowest BCUT2D eigenvalue weighted by molar-refractivity contribution is 0.0600. The summed E-state index contributed by atoms with van der Waals surface area (Å²) in [6.45, 7) is 4.88. The van der Waals surface area contributed by atoms with Crippen molar-refractivity contribution in [1.82, 2.24) is 5.16 Å². The molecule has 0 amide bonds. The molecule has 1 aliphatic heterocycles. The van der Waals surface area contributed by atoms with Crippen LogP contribution in [0.5, 0.6) is 0 Å². The zero-order valence-corrected chi connectivity index (χ0v) is 20.7. The third-order valence-corrected chi connectivity index (χ3v) is 7.67. The number of aromatic nitrogens is 1. The second-order valence-electron chi connectivity index (χ2n) is 8.47. The molecule has 0 bridgehead atoms. The fourth-order valence-corrected chi connectivity index (χ4v) is 5.75. The number of nitrogens with one attached hydrogen (secondary N) is 1. The van der Waals surface area contributed by atoms with Gasteiger partial charge in [-0.05, 0) is 62.4 Å². The fraction of sp³-hybridized carbons (Fsp3) is 0.360. The standard InChI is InChI=1S/C25H28FN3O5S/c1-4-17-8-9-18(25(30)33-3)12-24(17)35(31,32)28-22-13-19(20-15-27-34-16(20)2)21(26)14-23(22)29-10-6-5-7-11-29/h8-9,12-15,28H,4-7,10-11H2,1-3H3. The first-order valence-corrected chi connectivity index (χ1v) is 13.0. The van der Waals surface area contributed by atoms with Gasteiger partial charge in [-0.15, -0.1) is 0 Å². The van der Waals surface area contributed by atoms with Gasteiger partial charge >= 0.3 is 5.97 Å². The average molecular weight is 502 g/mol. The predicted octanol–water partition coefficient (Wildman–Crippen LogP) is 4.93. The number of carbonyl (C=O) groups is 1. The van der Waals surface area contributed by atoms with Crippen molar-refractivity contribution in [3.8, 4) is 11.1 Å². The number of carbonyl (C=O) groups excluding carboxylic acids is 1. The molecule has 2 heterocycles. The molecule has 1 N–H and O–H groups in total. The summed E-state index contributed by atoms with van der Waals surface area (Å²) in [6, 6.07) is 7.28. The third-order valence-electron chi connectivity index (χ3n) is 6.23. The van der Waals surface area contributed by atoms with E-state index in [1.54, 1.807) is 13.0 Å². The maximum atomic E-state index is 15.3. The van der Waals surface area contributed by atoms with Crippen molar-refractivity contribution >= 4 is 27.4 Å². The molecule has 0 atom stereocenters. The highest BCUT2D eigenvalue weighted by molar-refractivity contribution is 7.92. The molecular formula is C25H28FN3O5S. The SMILES string of the molecule is CCc1ccc(C(=O)OC)cc1S(=O)(=O)Nc1cc(-c2cnoc2C)c(F)cc1N1CCCCC1. The first kappa shape index (κ1) is 24.7. The van der Waals surface area contributed by atoms with Crippen molar-refractivity contribution in [2.75, 3.05) is 29.8 Å². The lowest BCUT2D eigenvalue weighted by Gasteiger charge is -2.31. The molecule has 0 spiro atoms. The summed E-state index contributed by atoms with van der Waals surface area (Å²) in [7, 11) is -2.90. The fourth-order valence-electron chi connectivity index (χ4n) is 4.35. The molecule has 0 unspecified atom stereocenters. The first-order valence-electron chi connectivity index (χ1n) is 11.5. The van der Waals surface area contributed by atoms with Crippen LogP contribution in [-0.4, -0.2) is 39.7 Å². The monoisotopic (exact) mass is 501 g/mol. The summed E-state index contributed by atoms with van der Waals surface area (Å²) in [5.41, 5.74) is 2.00. The molecule has 1 saturated heterocycles. The van der Waals surface area contributed by atoms with Crippen LogP contribution in [0, 0.1) is 12.7 Å². The smallest absolute Gasteiger partial charge is 0.337 e. The second-order valence-corrected chi connectivity index (χ2v) is 10.1. The normalized spacial score (nSPS) is 14.1. The molecule has 0 aliphatic carbocycles. The van der Waals surface area contributed by atoms with Crippen LogP contribution in [0.1, 0.15) is 47.9 Å². The van der Waals surface area contributed by atoms with Gasteiger partial charge in [-0.3, -0.25) is 4.72 Å². The Labute approximate surface area is 204 Å². The highest BCUT2D eigenvalue weighted by atomic mass is 32.2. The number of piperidine rings is 1. The average Bonchev–Trinajstić information content (AvgIpc) is 3.29. The number of halogens is 1. The number of ether oxygens (including phenoxy) is 1. The first-order chi connectivity index (χ1) is 16.7. The molecule has 186 valence electrons. The van der Waals surface area contributed by atoms with Crippen molar-refractivity contribution in [2.45, 2.75) is 44.4 Å². The van der Waals surface area contributed by atoms with Crippen LogP contribution in [0.2, 0.25) is 0 Å². The molecule has 0 radical (unpaired) electrons. The zero-order valence-electron chi connectivity index (χ0n) is 19.9. The summed E-state index contributed by atoms with van der Waals surface area (Å²) in [4.78, 5) is 14.0. The van der Waals surface area contributed by atoms with Gasteiger partial charge < -0.3 is 14.2 Å². The lowest BCUT2D eigenvalue weighted by Crippen LogP contribution is -2.30. The number of anilines is 2. The molecule has 10 heteroatoms. The van der Waals surface area contributed by atoms with E-state index in [9.17, 15) is 13.2 Å². The molecule has 4 rings (SSSR count). The topological polar surface area (TPSA) is 102 Å². The molecule has 8 nitrogen and oxygen atoms in total. The van der Waals surface area contributed by atoms with E-state index in [4.69, 9.17) is 9.26 Å². The van der Waals surface area contributed by atoms with E-state index in [-0.39, 0.29) is 21.7 Å². The highest BCUT2D eigenvalue weighted by Gasteiger charge is 2.26. The number of methoxy groups -OCH3 is 1. The highest BCUT2D eigenvalue weighted by Crippen LogP contribution is 2.38. The molecular weight excluding hydrogens is 473 g/mol. The van der Waals surface area contributed by atoms with Crippen LogP contribution in [0.3, 0.4) is 0 Å². The lowest BCUT2D eigenvalue weighted by atomic mass is 10.0. The van der Waals surface area contributed by atoms with Crippen LogP contribution in [0.4, 0.5) is 15.8 Å². The maximum Gasteiger partial charge on any atom is 0.337 e. The minimum atomic E-state index is -4.14. The van der Waals surface area contributed by atoms with Gasteiger partial charge in [0.1, 0.15) is 11.6 Å². The molecule has 3 aromatic rings. The number of sulfonamides is 1. The Morgan fingerprint density at radius 2 is 1.91 bits per heavy atom. The van der Waals surface area contributed by atoms with Crippen LogP contribution < -0.4 is 9.62 Å². The molecule has 0 saturated carbocycles. The molecule has 2 aromatic carbocycles. The second kappa shape index (κ2) is 10.1. The zero-order chi connectivity index (χ0) is 25.2. The minimum absolute atomic E-state index is 0.0282. The number of hydrogen-bond donors (Lipinski definition) is 1. The molecule has 1 aliphatic rings. The Kier molecular flexibility index (Phi) is 7.11. The Balaban J connectivity index is 1.84. The van der Waals surface area contributed by atoms with Crippen molar-refractivity contribution < 1.29 is 26.9 Å². The van der Waals surface area contributed by atoms with E-state index in [1.807, 2.05) is 11.8 Å². The van der Waals surface area contributed by atoms with E-state index in [2.05, 4.69) is 9.88 Å². The quantitative estimate of drug-likeness (QED) is 0.458. The Hall–Kier alpha value is -3.40. The number of rotatable bonds is 7. The van der Waals surface area contributed by atoms with Gasteiger partial charge in [0.05, 0.1) is 35.1 Å². The van der Waals surface area contributed by atoms with E-state index < -0.39 is 21.8 Å². The summed E-state index contributed by atoms with van der Waals surface area (Å²) >= 11 is 0. The van der Waals surface area contributed by atoms with Gasteiger partial charge in [-0.25, -0.2) is 17.6 Å². The predicted molar refractivity (Wildman–Crippen MR) is 131 cm³/mol. The van der Waals surface area contributed by atoms with E-state index in [0.29, 0.717) is 42.1 Å². The number of hydrogen-bond acceptors (Lipinski definition) is 7. The molecule has 35 heavy (non-hydrogen) atoms.